The van der Waals surface area contributed by atoms with Crippen LogP contribution in [-0.4, -0.2) is 24.0 Å². The molecule has 0 saturated carbocycles. The van der Waals surface area contributed by atoms with Crippen molar-refractivity contribution in [2.45, 2.75) is 12.5 Å². The maximum atomic E-state index is 11.0. The minimum Gasteiger partial charge on any atom is -0.468 e. The van der Waals surface area contributed by atoms with Gasteiger partial charge in [-0.1, -0.05) is 11.3 Å². The maximum Gasteiger partial charge on any atom is 0.324 e. The van der Waals surface area contributed by atoms with Crippen molar-refractivity contribution in [3.63, 3.8) is 0 Å². The second-order valence-electron chi connectivity index (χ2n) is 2.83. The van der Waals surface area contributed by atoms with E-state index in [2.05, 4.69) is 4.74 Å². The Morgan fingerprint density at radius 2 is 2.40 bits per heavy atom. The fraction of sp³-hybridized carbons (Fsp3) is 0.375. The lowest BCUT2D eigenvalue weighted by atomic mass is 10.2. The minimum absolute atomic E-state index is 0.0436. The molecule has 6 nitrogen and oxygen atoms in total. The first kappa shape index (κ1) is 11.6. The second-order valence-corrected chi connectivity index (χ2v) is 3.98. The molecule has 7 heteroatoms. The Bertz CT molecular complexity index is 376. The number of methoxy groups -OCH3 is 1. The predicted molar refractivity (Wildman–Crippen MR) is 54.7 cm³/mol. The van der Waals surface area contributed by atoms with Crippen molar-refractivity contribution in [2.24, 2.45) is 5.73 Å². The van der Waals surface area contributed by atoms with Crippen LogP contribution in [0.3, 0.4) is 0 Å². The van der Waals surface area contributed by atoms with E-state index in [-0.39, 0.29) is 11.4 Å². The Labute approximate surface area is 89.8 Å². The largest absolute Gasteiger partial charge is 0.468 e. The van der Waals surface area contributed by atoms with Gasteiger partial charge in [0.25, 0.3) is 0 Å². The molecule has 0 aromatic carbocycles. The summed E-state index contributed by atoms with van der Waals surface area (Å²) in [6, 6.07) is 2.21. The molecule has 2 N–H and O–H groups in total. The molecule has 1 atom stereocenters. The molecule has 1 heterocycles. The monoisotopic (exact) mass is 230 g/mol. The molecular formula is C8H10N2O4S. The van der Waals surface area contributed by atoms with Gasteiger partial charge in [0.05, 0.1) is 12.0 Å². The highest BCUT2D eigenvalue weighted by Gasteiger charge is 2.17. The molecule has 1 aromatic rings. The maximum absolute atomic E-state index is 11.0. The van der Waals surface area contributed by atoms with E-state index in [0.29, 0.717) is 4.88 Å². The fourth-order valence-electron chi connectivity index (χ4n) is 1.03. The number of nitrogens with two attached hydrogens (primary N) is 1. The lowest BCUT2D eigenvalue weighted by Gasteiger charge is -2.06. The van der Waals surface area contributed by atoms with Gasteiger partial charge in [0.15, 0.2) is 0 Å². The first-order valence-corrected chi connectivity index (χ1v) is 4.92. The van der Waals surface area contributed by atoms with Crippen LogP contribution in [0.4, 0.5) is 5.00 Å². The third-order valence-electron chi connectivity index (χ3n) is 1.75. The summed E-state index contributed by atoms with van der Waals surface area (Å²) in [4.78, 5) is 21.6. The predicted octanol–water partition coefficient (Wildman–Crippen LogP) is 0.699. The first-order chi connectivity index (χ1) is 7.04. The topological polar surface area (TPSA) is 95.5 Å². The standard InChI is InChI=1S/C8H10N2O4S/c1-14-8(11)6(9)4-5-2-3-7(15-5)10(12)13/h2-3,6H,4,9H2,1H3. The van der Waals surface area contributed by atoms with Crippen molar-refractivity contribution in [1.29, 1.82) is 0 Å². The van der Waals surface area contributed by atoms with E-state index >= 15 is 0 Å². The van der Waals surface area contributed by atoms with Gasteiger partial charge in [-0.15, -0.1) is 0 Å². The lowest BCUT2D eigenvalue weighted by Crippen LogP contribution is -2.33. The van der Waals surface area contributed by atoms with Crippen molar-refractivity contribution in [3.8, 4) is 0 Å². The summed E-state index contributed by atoms with van der Waals surface area (Å²) in [5, 5.41) is 10.4. The zero-order valence-corrected chi connectivity index (χ0v) is 8.82. The van der Waals surface area contributed by atoms with Gasteiger partial charge in [-0.05, 0) is 6.07 Å². The minimum atomic E-state index is -0.770. The summed E-state index contributed by atoms with van der Waals surface area (Å²) in [7, 11) is 1.25. The number of esters is 1. The van der Waals surface area contributed by atoms with Crippen LogP contribution in [0.2, 0.25) is 0 Å². The van der Waals surface area contributed by atoms with Crippen LogP contribution < -0.4 is 5.73 Å². The van der Waals surface area contributed by atoms with E-state index in [0.717, 1.165) is 11.3 Å². The molecule has 82 valence electrons. The van der Waals surface area contributed by atoms with Gasteiger partial charge < -0.3 is 10.5 Å². The summed E-state index contributed by atoms with van der Waals surface area (Å²) in [6.07, 6.45) is 0.255. The molecule has 1 rings (SSSR count). The van der Waals surface area contributed by atoms with Crippen LogP contribution in [0.1, 0.15) is 4.88 Å². The average Bonchev–Trinajstić information content (AvgIpc) is 2.65. The van der Waals surface area contributed by atoms with Gasteiger partial charge in [-0.3, -0.25) is 14.9 Å². The molecule has 0 aliphatic carbocycles. The number of hydrogen-bond donors (Lipinski definition) is 1. The number of carbonyl (C=O) groups is 1. The van der Waals surface area contributed by atoms with E-state index in [1.54, 1.807) is 6.07 Å². The van der Waals surface area contributed by atoms with E-state index in [1.165, 1.54) is 13.2 Å². The summed E-state index contributed by atoms with van der Waals surface area (Å²) in [5.41, 5.74) is 5.51. The quantitative estimate of drug-likeness (QED) is 0.466. The molecule has 0 saturated heterocycles. The highest BCUT2D eigenvalue weighted by atomic mass is 32.1. The molecule has 0 fully saturated rings. The first-order valence-electron chi connectivity index (χ1n) is 4.11. The molecule has 0 aliphatic heterocycles. The number of ether oxygens (including phenoxy) is 1. The SMILES string of the molecule is COC(=O)C(N)Cc1ccc([N+](=O)[O-])s1. The molecule has 0 aliphatic rings. The Kier molecular flexibility index (Phi) is 3.75. The third-order valence-corrected chi connectivity index (χ3v) is 2.81. The van der Waals surface area contributed by atoms with E-state index in [1.807, 2.05) is 0 Å². The lowest BCUT2D eigenvalue weighted by molar-refractivity contribution is -0.380. The van der Waals surface area contributed by atoms with Gasteiger partial charge in [0.1, 0.15) is 6.04 Å². The van der Waals surface area contributed by atoms with Crippen LogP contribution in [0.5, 0.6) is 0 Å². The van der Waals surface area contributed by atoms with Crippen LogP contribution >= 0.6 is 11.3 Å². The van der Waals surface area contributed by atoms with Gasteiger partial charge in [-0.25, -0.2) is 0 Å². The molecule has 15 heavy (non-hydrogen) atoms. The third kappa shape index (κ3) is 3.00. The highest BCUT2D eigenvalue weighted by molar-refractivity contribution is 7.15. The van der Waals surface area contributed by atoms with Crippen molar-refractivity contribution in [2.75, 3.05) is 7.11 Å². The van der Waals surface area contributed by atoms with E-state index in [9.17, 15) is 14.9 Å². The van der Waals surface area contributed by atoms with Crippen molar-refractivity contribution in [1.82, 2.24) is 0 Å². The van der Waals surface area contributed by atoms with E-state index in [4.69, 9.17) is 5.73 Å². The Morgan fingerprint density at radius 3 is 2.87 bits per heavy atom. The summed E-state index contributed by atoms with van der Waals surface area (Å²) in [5.74, 6) is -0.522. The Balaban J connectivity index is 2.65. The average molecular weight is 230 g/mol. The Morgan fingerprint density at radius 1 is 1.73 bits per heavy atom. The number of carbonyl (C=O) groups excluding carboxylic acids is 1. The van der Waals surface area contributed by atoms with Gasteiger partial charge in [0.2, 0.25) is 0 Å². The number of nitro groups is 1. The molecule has 0 radical (unpaired) electrons. The van der Waals surface area contributed by atoms with Gasteiger partial charge in [0, 0.05) is 17.4 Å². The van der Waals surface area contributed by atoms with Crippen molar-refractivity contribution in [3.05, 3.63) is 27.1 Å². The molecule has 0 spiro atoms. The molecule has 1 unspecified atom stereocenters. The van der Waals surface area contributed by atoms with Crippen LogP contribution in [0.25, 0.3) is 0 Å². The number of nitrogens with zero attached hydrogens (tertiary/aromatic N) is 1. The molecule has 1 aromatic heterocycles. The van der Waals surface area contributed by atoms with Crippen LogP contribution in [-0.2, 0) is 16.0 Å². The molecule has 0 amide bonds. The van der Waals surface area contributed by atoms with Crippen LogP contribution in [0, 0.1) is 10.1 Å². The zero-order valence-electron chi connectivity index (χ0n) is 8.00. The number of thiophene rings is 1. The van der Waals surface area contributed by atoms with Crippen molar-refractivity contribution >= 4 is 22.3 Å². The van der Waals surface area contributed by atoms with Crippen molar-refractivity contribution < 1.29 is 14.5 Å². The smallest absolute Gasteiger partial charge is 0.324 e. The summed E-state index contributed by atoms with van der Waals surface area (Å²) < 4.78 is 4.45. The molecule has 0 bridgehead atoms. The zero-order chi connectivity index (χ0) is 11.4. The number of hydrogen-bond acceptors (Lipinski definition) is 6. The summed E-state index contributed by atoms with van der Waals surface area (Å²) in [6.45, 7) is 0. The second kappa shape index (κ2) is 4.85. The Hall–Kier alpha value is -1.47. The number of rotatable bonds is 4. The van der Waals surface area contributed by atoms with Gasteiger partial charge in [-0.2, -0.15) is 0 Å². The summed E-state index contributed by atoms with van der Waals surface area (Å²) >= 11 is 1.01. The van der Waals surface area contributed by atoms with Gasteiger partial charge >= 0.3 is 11.0 Å². The van der Waals surface area contributed by atoms with E-state index < -0.39 is 16.9 Å². The highest BCUT2D eigenvalue weighted by Crippen LogP contribution is 2.24. The normalized spacial score (nSPS) is 12.1. The van der Waals surface area contributed by atoms with Crippen LogP contribution in [0.15, 0.2) is 12.1 Å². The molecular weight excluding hydrogens is 220 g/mol. The fourth-order valence-corrected chi connectivity index (χ4v) is 1.90.